The molecule has 138 valence electrons. The van der Waals surface area contributed by atoms with Gasteiger partial charge in [-0.15, -0.1) is 0 Å². The van der Waals surface area contributed by atoms with Crippen molar-refractivity contribution in [1.29, 1.82) is 0 Å². The van der Waals surface area contributed by atoms with Crippen LogP contribution in [-0.4, -0.2) is 31.1 Å². The van der Waals surface area contributed by atoms with Crippen LogP contribution in [0.1, 0.15) is 33.3 Å². The molecule has 27 heavy (non-hydrogen) atoms. The zero-order valence-corrected chi connectivity index (χ0v) is 15.7. The van der Waals surface area contributed by atoms with E-state index in [-0.39, 0.29) is 17.1 Å². The lowest BCUT2D eigenvalue weighted by Crippen LogP contribution is -2.32. The van der Waals surface area contributed by atoms with E-state index in [0.29, 0.717) is 34.7 Å². The fourth-order valence-electron chi connectivity index (χ4n) is 3.55. The zero-order chi connectivity index (χ0) is 19.1. The Hall–Kier alpha value is -2.63. The third kappa shape index (κ3) is 2.93. The Morgan fingerprint density at radius 2 is 1.89 bits per heavy atom. The third-order valence-electron chi connectivity index (χ3n) is 4.84. The van der Waals surface area contributed by atoms with E-state index in [9.17, 15) is 9.59 Å². The predicted molar refractivity (Wildman–Crippen MR) is 103 cm³/mol. The molecule has 1 aliphatic rings. The van der Waals surface area contributed by atoms with Crippen molar-refractivity contribution < 1.29 is 13.9 Å². The van der Waals surface area contributed by atoms with E-state index in [1.807, 2.05) is 25.1 Å². The Morgan fingerprint density at radius 1 is 1.15 bits per heavy atom. The summed E-state index contributed by atoms with van der Waals surface area (Å²) < 4.78 is 11.0. The molecule has 0 radical (unpaired) electrons. The first-order chi connectivity index (χ1) is 13.0. The van der Waals surface area contributed by atoms with Gasteiger partial charge < -0.3 is 14.1 Å². The van der Waals surface area contributed by atoms with Gasteiger partial charge in [-0.2, -0.15) is 0 Å². The number of carbonyl (C=O) groups is 1. The van der Waals surface area contributed by atoms with Gasteiger partial charge in [-0.1, -0.05) is 35.4 Å². The molecular weight excluding hydrogens is 366 g/mol. The van der Waals surface area contributed by atoms with Gasteiger partial charge in [0, 0.05) is 18.7 Å². The second-order valence-corrected chi connectivity index (χ2v) is 7.06. The van der Waals surface area contributed by atoms with Crippen LogP contribution in [0, 0.1) is 6.92 Å². The maximum Gasteiger partial charge on any atom is 0.290 e. The average molecular weight is 384 g/mol. The number of carbonyl (C=O) groups excluding carboxylic acids is 1. The summed E-state index contributed by atoms with van der Waals surface area (Å²) in [6.45, 7) is 2.62. The summed E-state index contributed by atoms with van der Waals surface area (Å²) >= 11 is 6.01. The van der Waals surface area contributed by atoms with Crippen LogP contribution in [0.5, 0.6) is 0 Å². The van der Waals surface area contributed by atoms with Crippen LogP contribution >= 0.6 is 11.6 Å². The summed E-state index contributed by atoms with van der Waals surface area (Å²) in [6, 6.07) is 12.0. The van der Waals surface area contributed by atoms with Crippen LogP contribution in [0.25, 0.3) is 11.0 Å². The summed E-state index contributed by atoms with van der Waals surface area (Å²) in [6.07, 6.45) is 0. The molecule has 0 saturated heterocycles. The Bertz CT molecular complexity index is 1090. The van der Waals surface area contributed by atoms with Crippen molar-refractivity contribution in [2.75, 3.05) is 20.3 Å². The highest BCUT2D eigenvalue weighted by Gasteiger charge is 2.42. The highest BCUT2D eigenvalue weighted by Crippen LogP contribution is 2.38. The second kappa shape index (κ2) is 6.83. The lowest BCUT2D eigenvalue weighted by Gasteiger charge is -2.24. The van der Waals surface area contributed by atoms with Crippen molar-refractivity contribution >= 4 is 28.5 Å². The molecule has 1 aliphatic heterocycles. The minimum absolute atomic E-state index is 0.104. The number of hydrogen-bond donors (Lipinski definition) is 0. The molecule has 6 heteroatoms. The van der Waals surface area contributed by atoms with E-state index in [4.69, 9.17) is 20.8 Å². The fourth-order valence-corrected chi connectivity index (χ4v) is 3.67. The topological polar surface area (TPSA) is 59.8 Å². The number of amides is 1. The molecule has 0 spiro atoms. The van der Waals surface area contributed by atoms with Crippen molar-refractivity contribution in [3.63, 3.8) is 0 Å². The first-order valence-electron chi connectivity index (χ1n) is 8.64. The molecule has 0 bridgehead atoms. The molecule has 0 fully saturated rings. The summed E-state index contributed by atoms with van der Waals surface area (Å²) in [5.41, 5.74) is 2.38. The minimum Gasteiger partial charge on any atom is -0.450 e. The van der Waals surface area contributed by atoms with Crippen LogP contribution in [0.2, 0.25) is 5.02 Å². The molecule has 3 aromatic rings. The van der Waals surface area contributed by atoms with Gasteiger partial charge >= 0.3 is 0 Å². The number of nitrogens with zero attached hydrogens (tertiary/aromatic N) is 1. The number of fused-ring (bicyclic) bond motifs is 2. The second-order valence-electron chi connectivity index (χ2n) is 6.62. The number of aryl methyl sites for hydroxylation is 1. The summed E-state index contributed by atoms with van der Waals surface area (Å²) in [7, 11) is 1.57. The van der Waals surface area contributed by atoms with Crippen molar-refractivity contribution in [3.8, 4) is 0 Å². The molecule has 1 aromatic heterocycles. The molecular formula is C21H18ClNO4. The van der Waals surface area contributed by atoms with Gasteiger partial charge in [-0.3, -0.25) is 9.59 Å². The maximum atomic E-state index is 13.3. The lowest BCUT2D eigenvalue weighted by molar-refractivity contribution is 0.0663. The molecule has 2 heterocycles. The van der Waals surface area contributed by atoms with Gasteiger partial charge in [0.05, 0.1) is 23.6 Å². The van der Waals surface area contributed by atoms with Gasteiger partial charge in [0.1, 0.15) is 5.58 Å². The molecule has 2 aromatic carbocycles. The van der Waals surface area contributed by atoms with Crippen LogP contribution in [0.3, 0.4) is 0 Å². The van der Waals surface area contributed by atoms with E-state index >= 15 is 0 Å². The molecule has 1 atom stereocenters. The van der Waals surface area contributed by atoms with E-state index < -0.39 is 6.04 Å². The van der Waals surface area contributed by atoms with Crippen LogP contribution in [-0.2, 0) is 4.74 Å². The van der Waals surface area contributed by atoms with Crippen LogP contribution in [0.4, 0.5) is 0 Å². The molecule has 5 nitrogen and oxygen atoms in total. The fraction of sp³-hybridized carbons (Fsp3) is 0.238. The molecule has 0 saturated carbocycles. The first-order valence-corrected chi connectivity index (χ1v) is 9.02. The first kappa shape index (κ1) is 17.8. The van der Waals surface area contributed by atoms with Crippen LogP contribution < -0.4 is 5.43 Å². The number of hydrogen-bond acceptors (Lipinski definition) is 4. The molecule has 4 rings (SSSR count). The SMILES string of the molecule is COCCN1C(=O)c2oc3ccc(C)cc3c(=O)c2C1c1ccc(Cl)cc1. The van der Waals surface area contributed by atoms with Crippen molar-refractivity contribution in [1.82, 2.24) is 4.90 Å². The van der Waals surface area contributed by atoms with Gasteiger partial charge in [-0.25, -0.2) is 0 Å². The number of rotatable bonds is 4. The highest BCUT2D eigenvalue weighted by molar-refractivity contribution is 6.30. The van der Waals surface area contributed by atoms with Crippen LogP contribution in [0.15, 0.2) is 51.7 Å². The maximum absolute atomic E-state index is 13.3. The van der Waals surface area contributed by atoms with E-state index in [1.54, 1.807) is 36.3 Å². The zero-order valence-electron chi connectivity index (χ0n) is 15.0. The third-order valence-corrected chi connectivity index (χ3v) is 5.10. The lowest BCUT2D eigenvalue weighted by atomic mass is 9.98. The summed E-state index contributed by atoms with van der Waals surface area (Å²) in [4.78, 5) is 27.9. The predicted octanol–water partition coefficient (Wildman–Crippen LogP) is 3.95. The molecule has 0 aliphatic carbocycles. The Kier molecular flexibility index (Phi) is 4.50. The number of ether oxygens (including phenoxy) is 1. The Morgan fingerprint density at radius 3 is 2.59 bits per heavy atom. The van der Waals surface area contributed by atoms with Gasteiger partial charge in [0.15, 0.2) is 5.43 Å². The Balaban J connectivity index is 1.97. The van der Waals surface area contributed by atoms with E-state index in [2.05, 4.69) is 0 Å². The van der Waals surface area contributed by atoms with Crippen molar-refractivity contribution in [3.05, 3.63) is 80.2 Å². The van der Waals surface area contributed by atoms with Gasteiger partial charge in [-0.05, 0) is 36.8 Å². The summed E-state index contributed by atoms with van der Waals surface area (Å²) in [5.74, 6) is -0.200. The Labute approximate surface area is 161 Å². The monoisotopic (exact) mass is 383 g/mol. The van der Waals surface area contributed by atoms with Crippen molar-refractivity contribution in [2.24, 2.45) is 0 Å². The smallest absolute Gasteiger partial charge is 0.290 e. The molecule has 1 amide bonds. The normalized spacial score (nSPS) is 16.2. The van der Waals surface area contributed by atoms with Crippen molar-refractivity contribution in [2.45, 2.75) is 13.0 Å². The number of benzene rings is 2. The van der Waals surface area contributed by atoms with E-state index in [1.165, 1.54) is 0 Å². The number of methoxy groups -OCH3 is 1. The van der Waals surface area contributed by atoms with Gasteiger partial charge in [0.2, 0.25) is 5.76 Å². The number of halogens is 1. The van der Waals surface area contributed by atoms with Gasteiger partial charge in [0.25, 0.3) is 5.91 Å². The standard InChI is InChI=1S/C21H18ClNO4/c1-12-3-8-16-15(11-12)19(24)17-18(13-4-6-14(22)7-5-13)23(9-10-26-2)21(25)20(17)27-16/h3-8,11,18H,9-10H2,1-2H3. The largest absolute Gasteiger partial charge is 0.450 e. The van der Waals surface area contributed by atoms with E-state index in [0.717, 1.165) is 11.1 Å². The molecule has 0 N–H and O–H groups in total. The quantitative estimate of drug-likeness (QED) is 0.684. The average Bonchev–Trinajstić information content (AvgIpc) is 2.94. The summed E-state index contributed by atoms with van der Waals surface area (Å²) in [5, 5.41) is 1.07. The molecule has 1 unspecified atom stereocenters. The minimum atomic E-state index is -0.527. The highest BCUT2D eigenvalue weighted by atomic mass is 35.5.